The third-order valence-electron chi connectivity index (χ3n) is 4.12. The van der Waals surface area contributed by atoms with Crippen molar-refractivity contribution in [3.63, 3.8) is 0 Å². The quantitative estimate of drug-likeness (QED) is 0.660. The van der Waals surface area contributed by atoms with Gasteiger partial charge in [-0.05, 0) is 37.0 Å². The van der Waals surface area contributed by atoms with Crippen molar-refractivity contribution in [3.8, 4) is 5.75 Å². The average molecular weight is 333 g/mol. The van der Waals surface area contributed by atoms with Crippen LogP contribution in [0, 0.1) is 5.92 Å². The third-order valence-corrected chi connectivity index (χ3v) is 4.12. The predicted molar refractivity (Wildman–Crippen MR) is 88.9 cm³/mol. The molecule has 1 amide bonds. The number of hydrogen-bond acceptors (Lipinski definition) is 5. The van der Waals surface area contributed by atoms with E-state index in [9.17, 15) is 14.4 Å². The van der Waals surface area contributed by atoms with Crippen LogP contribution < -0.4 is 10.1 Å². The molecule has 0 spiro atoms. The SMILES string of the molecule is COC(=O)c1cc(NC(=O)CC2CCCCC2)ccc1OC(C)=O. The highest BCUT2D eigenvalue weighted by Crippen LogP contribution is 2.28. The molecule has 6 heteroatoms. The lowest BCUT2D eigenvalue weighted by Crippen LogP contribution is -2.18. The van der Waals surface area contributed by atoms with Crippen molar-refractivity contribution in [2.24, 2.45) is 5.92 Å². The average Bonchev–Trinajstić information content (AvgIpc) is 2.56. The molecule has 1 aromatic carbocycles. The second-order valence-electron chi connectivity index (χ2n) is 6.05. The van der Waals surface area contributed by atoms with Crippen molar-refractivity contribution >= 4 is 23.5 Å². The Morgan fingerprint density at radius 2 is 1.88 bits per heavy atom. The number of amides is 1. The van der Waals surface area contributed by atoms with Crippen LogP contribution >= 0.6 is 0 Å². The van der Waals surface area contributed by atoms with Crippen molar-refractivity contribution < 1.29 is 23.9 Å². The Morgan fingerprint density at radius 1 is 1.17 bits per heavy atom. The number of anilines is 1. The summed E-state index contributed by atoms with van der Waals surface area (Å²) < 4.78 is 9.69. The molecule has 0 bridgehead atoms. The molecule has 2 rings (SSSR count). The van der Waals surface area contributed by atoms with Gasteiger partial charge in [0.2, 0.25) is 5.91 Å². The highest BCUT2D eigenvalue weighted by atomic mass is 16.5. The first-order chi connectivity index (χ1) is 11.5. The van der Waals surface area contributed by atoms with Crippen LogP contribution in [-0.2, 0) is 14.3 Å². The number of carbonyl (C=O) groups is 3. The Balaban J connectivity index is 2.07. The first-order valence-electron chi connectivity index (χ1n) is 8.20. The number of carbonyl (C=O) groups excluding carboxylic acids is 3. The molecule has 130 valence electrons. The van der Waals surface area contributed by atoms with Gasteiger partial charge in [0.05, 0.1) is 7.11 Å². The third kappa shape index (κ3) is 5.08. The van der Waals surface area contributed by atoms with Crippen LogP contribution in [-0.4, -0.2) is 25.0 Å². The second kappa shape index (κ2) is 8.47. The minimum atomic E-state index is -0.630. The summed E-state index contributed by atoms with van der Waals surface area (Å²) in [5.74, 6) is -0.694. The molecule has 1 aliphatic carbocycles. The molecule has 24 heavy (non-hydrogen) atoms. The molecule has 0 unspecified atom stereocenters. The Hall–Kier alpha value is -2.37. The van der Waals surface area contributed by atoms with Gasteiger partial charge in [0.15, 0.2) is 0 Å². The topological polar surface area (TPSA) is 81.7 Å². The van der Waals surface area contributed by atoms with Gasteiger partial charge < -0.3 is 14.8 Å². The van der Waals surface area contributed by atoms with E-state index in [2.05, 4.69) is 5.32 Å². The van der Waals surface area contributed by atoms with Crippen LogP contribution in [0.3, 0.4) is 0 Å². The lowest BCUT2D eigenvalue weighted by atomic mass is 9.87. The number of esters is 2. The van der Waals surface area contributed by atoms with Crippen molar-refractivity contribution in [2.75, 3.05) is 12.4 Å². The smallest absolute Gasteiger partial charge is 0.341 e. The summed E-state index contributed by atoms with van der Waals surface area (Å²) >= 11 is 0. The normalized spacial score (nSPS) is 14.8. The fourth-order valence-electron chi connectivity index (χ4n) is 2.99. The van der Waals surface area contributed by atoms with E-state index in [1.165, 1.54) is 45.4 Å². The molecule has 1 saturated carbocycles. The lowest BCUT2D eigenvalue weighted by Gasteiger charge is -2.21. The zero-order valence-electron chi connectivity index (χ0n) is 14.1. The number of hydrogen-bond donors (Lipinski definition) is 1. The largest absolute Gasteiger partial charge is 0.465 e. The maximum atomic E-state index is 12.2. The van der Waals surface area contributed by atoms with Gasteiger partial charge in [0.1, 0.15) is 11.3 Å². The van der Waals surface area contributed by atoms with Gasteiger partial charge in [-0.1, -0.05) is 19.3 Å². The molecule has 1 aliphatic rings. The van der Waals surface area contributed by atoms with E-state index in [0.29, 0.717) is 18.0 Å². The van der Waals surface area contributed by atoms with Crippen molar-refractivity contribution in [1.82, 2.24) is 0 Å². The first kappa shape index (κ1) is 18.0. The molecule has 6 nitrogen and oxygen atoms in total. The summed E-state index contributed by atoms with van der Waals surface area (Å²) in [4.78, 5) is 35.1. The molecule has 0 saturated heterocycles. The number of nitrogens with one attached hydrogen (secondary N) is 1. The van der Waals surface area contributed by atoms with Gasteiger partial charge in [-0.3, -0.25) is 9.59 Å². The monoisotopic (exact) mass is 333 g/mol. The van der Waals surface area contributed by atoms with Crippen molar-refractivity contribution in [2.45, 2.75) is 45.4 Å². The Labute approximate surface area is 141 Å². The minimum absolute atomic E-state index is 0.0713. The predicted octanol–water partition coefficient (Wildman–Crippen LogP) is 3.31. The van der Waals surface area contributed by atoms with Crippen LogP contribution in [0.5, 0.6) is 5.75 Å². The number of benzene rings is 1. The maximum absolute atomic E-state index is 12.2. The van der Waals surface area contributed by atoms with Crippen molar-refractivity contribution in [1.29, 1.82) is 0 Å². The van der Waals surface area contributed by atoms with E-state index in [-0.39, 0.29) is 17.2 Å². The molecular weight excluding hydrogens is 310 g/mol. The first-order valence-corrected chi connectivity index (χ1v) is 8.20. The molecule has 1 fully saturated rings. The standard InChI is InChI=1S/C18H23NO5/c1-12(20)24-16-9-8-14(11-15(16)18(22)23-2)19-17(21)10-13-6-4-3-5-7-13/h8-9,11,13H,3-7,10H2,1-2H3,(H,19,21). The van der Waals surface area contributed by atoms with E-state index in [0.717, 1.165) is 12.8 Å². The zero-order valence-corrected chi connectivity index (χ0v) is 14.1. The molecule has 0 heterocycles. The fraction of sp³-hybridized carbons (Fsp3) is 0.500. The molecule has 0 radical (unpaired) electrons. The maximum Gasteiger partial charge on any atom is 0.341 e. The van der Waals surface area contributed by atoms with Crippen molar-refractivity contribution in [3.05, 3.63) is 23.8 Å². The van der Waals surface area contributed by atoms with E-state index in [4.69, 9.17) is 9.47 Å². The summed E-state index contributed by atoms with van der Waals surface area (Å²) in [6, 6.07) is 4.54. The molecule has 0 aliphatic heterocycles. The fourth-order valence-corrected chi connectivity index (χ4v) is 2.99. The van der Waals surface area contributed by atoms with E-state index in [1.54, 1.807) is 6.07 Å². The second-order valence-corrected chi connectivity index (χ2v) is 6.05. The van der Waals surface area contributed by atoms with E-state index >= 15 is 0 Å². The zero-order chi connectivity index (χ0) is 17.5. The number of ether oxygens (including phenoxy) is 2. The van der Waals surface area contributed by atoms with Crippen LogP contribution in [0.25, 0.3) is 0 Å². The van der Waals surface area contributed by atoms with Crippen LogP contribution in [0.2, 0.25) is 0 Å². The molecule has 0 aromatic heterocycles. The Bertz CT molecular complexity index is 620. The summed E-state index contributed by atoms with van der Waals surface area (Å²) in [5, 5.41) is 2.80. The molecule has 1 aromatic rings. The molecule has 1 N–H and O–H groups in total. The Kier molecular flexibility index (Phi) is 6.35. The van der Waals surface area contributed by atoms with Gasteiger partial charge in [-0.2, -0.15) is 0 Å². The van der Waals surface area contributed by atoms with Crippen LogP contribution in [0.1, 0.15) is 55.8 Å². The number of rotatable bonds is 5. The van der Waals surface area contributed by atoms with Gasteiger partial charge in [0, 0.05) is 19.0 Å². The molecular formula is C18H23NO5. The van der Waals surface area contributed by atoms with E-state index in [1.807, 2.05) is 0 Å². The summed E-state index contributed by atoms with van der Waals surface area (Å²) in [5.41, 5.74) is 0.579. The highest BCUT2D eigenvalue weighted by molar-refractivity contribution is 5.97. The Morgan fingerprint density at radius 3 is 2.50 bits per heavy atom. The highest BCUT2D eigenvalue weighted by Gasteiger charge is 2.19. The van der Waals surface area contributed by atoms with E-state index < -0.39 is 11.9 Å². The van der Waals surface area contributed by atoms with Gasteiger partial charge in [-0.25, -0.2) is 4.79 Å². The minimum Gasteiger partial charge on any atom is -0.465 e. The van der Waals surface area contributed by atoms with Crippen LogP contribution in [0.15, 0.2) is 18.2 Å². The summed E-state index contributed by atoms with van der Waals surface area (Å²) in [6.07, 6.45) is 6.28. The van der Waals surface area contributed by atoms with Crippen LogP contribution in [0.4, 0.5) is 5.69 Å². The van der Waals surface area contributed by atoms with Gasteiger partial charge in [-0.15, -0.1) is 0 Å². The lowest BCUT2D eigenvalue weighted by molar-refractivity contribution is -0.131. The van der Waals surface area contributed by atoms with Gasteiger partial charge in [0.25, 0.3) is 0 Å². The molecule has 0 atom stereocenters. The number of methoxy groups -OCH3 is 1. The summed E-state index contributed by atoms with van der Waals surface area (Å²) in [7, 11) is 1.24. The van der Waals surface area contributed by atoms with Gasteiger partial charge >= 0.3 is 11.9 Å². The summed E-state index contributed by atoms with van der Waals surface area (Å²) in [6.45, 7) is 1.25.